The fourth-order valence-corrected chi connectivity index (χ4v) is 5.12. The zero-order chi connectivity index (χ0) is 13.7. The van der Waals surface area contributed by atoms with Crippen molar-refractivity contribution in [2.45, 2.75) is 26.2 Å². The molecule has 0 aliphatic rings. The number of rotatable bonds is 5. The maximum atomic E-state index is 6.65. The van der Waals surface area contributed by atoms with E-state index in [1.807, 2.05) is 30.3 Å². The molecule has 0 saturated heterocycles. The van der Waals surface area contributed by atoms with Crippen LogP contribution in [0.3, 0.4) is 0 Å². The summed E-state index contributed by atoms with van der Waals surface area (Å²) in [6.45, 7) is -0.358. The highest BCUT2D eigenvalue weighted by Crippen LogP contribution is 2.16. The van der Waals surface area contributed by atoms with Crippen LogP contribution in [0.4, 0.5) is 0 Å². The molecule has 0 bridgehead atoms. The zero-order valence-electron chi connectivity index (χ0n) is 11.1. The topological polar surface area (TPSA) is 0 Å². The van der Waals surface area contributed by atoms with E-state index < -0.39 is 6.69 Å². The molecule has 19 heavy (non-hydrogen) atoms. The van der Waals surface area contributed by atoms with E-state index in [0.717, 1.165) is 16.8 Å². The lowest BCUT2D eigenvalue weighted by atomic mass is 10.1. The number of benzene rings is 2. The lowest BCUT2D eigenvalue weighted by molar-refractivity contribution is 0.795. The van der Waals surface area contributed by atoms with Gasteiger partial charge in [0.15, 0.2) is 0 Å². The van der Waals surface area contributed by atoms with E-state index in [1.165, 1.54) is 18.4 Å². The molecule has 3 heteroatoms. The third-order valence-electron chi connectivity index (χ3n) is 3.27. The second-order valence-electron chi connectivity index (χ2n) is 4.74. The van der Waals surface area contributed by atoms with Gasteiger partial charge >= 0.3 is 6.69 Å². The molecule has 0 nitrogen and oxygen atoms in total. The van der Waals surface area contributed by atoms with Crippen LogP contribution in [-0.4, -0.2) is 6.69 Å². The predicted octanol–water partition coefficient (Wildman–Crippen LogP) is 4.06. The van der Waals surface area contributed by atoms with Crippen molar-refractivity contribution in [1.82, 2.24) is 0 Å². The number of hydrogen-bond acceptors (Lipinski definition) is 0. The average Bonchev–Trinajstić information content (AvgIpc) is 2.46. The van der Waals surface area contributed by atoms with E-state index in [4.69, 9.17) is 22.2 Å². The summed E-state index contributed by atoms with van der Waals surface area (Å²) < 4.78 is 0. The van der Waals surface area contributed by atoms with Crippen LogP contribution in [0, 0.1) is 0 Å². The van der Waals surface area contributed by atoms with Gasteiger partial charge in [-0.05, 0) is 28.8 Å². The van der Waals surface area contributed by atoms with Gasteiger partial charge in [-0.1, -0.05) is 67.9 Å². The minimum atomic E-state index is -2.57. The van der Waals surface area contributed by atoms with E-state index in [-0.39, 0.29) is 0 Å². The number of unbranched alkanes of at least 4 members (excludes halogenated alkanes) is 1. The molecular formula is C16H18Cl2Si. The van der Waals surface area contributed by atoms with Gasteiger partial charge in [0.25, 0.3) is 0 Å². The van der Waals surface area contributed by atoms with Crippen LogP contribution < -0.4 is 10.4 Å². The van der Waals surface area contributed by atoms with E-state index in [0.29, 0.717) is 0 Å². The molecule has 0 N–H and O–H groups in total. The Balaban J connectivity index is 2.21. The van der Waals surface area contributed by atoms with E-state index in [2.05, 4.69) is 31.2 Å². The molecule has 0 radical (unpaired) electrons. The summed E-state index contributed by atoms with van der Waals surface area (Å²) >= 11 is 13.3. The van der Waals surface area contributed by atoms with Crippen molar-refractivity contribution >= 4 is 39.2 Å². The second kappa shape index (κ2) is 6.60. The molecule has 0 atom stereocenters. The van der Waals surface area contributed by atoms with Gasteiger partial charge in [0, 0.05) is 0 Å². The molecule has 0 spiro atoms. The highest BCUT2D eigenvalue weighted by atomic mass is 35.7. The van der Waals surface area contributed by atoms with E-state index in [9.17, 15) is 0 Å². The predicted molar refractivity (Wildman–Crippen MR) is 88.2 cm³/mol. The van der Waals surface area contributed by atoms with Crippen LogP contribution in [0.1, 0.15) is 25.3 Å². The fraction of sp³-hybridized carbons (Fsp3) is 0.250. The quantitative estimate of drug-likeness (QED) is 0.577. The van der Waals surface area contributed by atoms with Crippen LogP contribution in [0.5, 0.6) is 0 Å². The SMILES string of the molecule is CCCCc1ccc([Si](Cl)(Cl)c2ccccc2)cc1. The molecule has 2 aromatic carbocycles. The van der Waals surface area contributed by atoms with Gasteiger partial charge in [0.2, 0.25) is 0 Å². The molecule has 0 aliphatic carbocycles. The largest absolute Gasteiger partial charge is 0.310 e. The maximum absolute atomic E-state index is 6.65. The van der Waals surface area contributed by atoms with Crippen molar-refractivity contribution in [1.29, 1.82) is 0 Å². The Bertz CT molecular complexity index is 506. The highest BCUT2D eigenvalue weighted by molar-refractivity contribution is 7.56. The van der Waals surface area contributed by atoms with E-state index >= 15 is 0 Å². The van der Waals surface area contributed by atoms with Gasteiger partial charge in [0.05, 0.1) is 0 Å². The Morgan fingerprint density at radius 1 is 0.842 bits per heavy atom. The van der Waals surface area contributed by atoms with Crippen molar-refractivity contribution < 1.29 is 0 Å². The molecule has 0 aromatic heterocycles. The molecule has 0 heterocycles. The van der Waals surface area contributed by atoms with Crippen LogP contribution in [0.25, 0.3) is 0 Å². The summed E-state index contributed by atoms with van der Waals surface area (Å²) in [5.41, 5.74) is 1.36. The first kappa shape index (κ1) is 14.6. The minimum Gasteiger partial charge on any atom is -0.134 e. The molecule has 0 aliphatic heterocycles. The molecule has 0 amide bonds. The Kier molecular flexibility index (Phi) is 5.09. The third-order valence-corrected chi connectivity index (χ3v) is 8.01. The Labute approximate surface area is 125 Å². The van der Waals surface area contributed by atoms with Gasteiger partial charge in [-0.2, -0.15) is 0 Å². The maximum Gasteiger partial charge on any atom is 0.310 e. The lowest BCUT2D eigenvalue weighted by Crippen LogP contribution is -2.48. The smallest absolute Gasteiger partial charge is 0.134 e. The summed E-state index contributed by atoms with van der Waals surface area (Å²) in [5, 5.41) is 2.10. The third kappa shape index (κ3) is 3.62. The summed E-state index contributed by atoms with van der Waals surface area (Å²) in [6, 6.07) is 18.5. The highest BCUT2D eigenvalue weighted by Gasteiger charge is 2.33. The summed E-state index contributed by atoms with van der Waals surface area (Å²) in [6.07, 6.45) is 3.57. The van der Waals surface area contributed by atoms with Crippen LogP contribution in [0.2, 0.25) is 0 Å². The Morgan fingerprint density at radius 2 is 1.42 bits per heavy atom. The van der Waals surface area contributed by atoms with Crippen molar-refractivity contribution in [3.05, 3.63) is 60.2 Å². The van der Waals surface area contributed by atoms with Crippen LogP contribution in [-0.2, 0) is 6.42 Å². The van der Waals surface area contributed by atoms with Crippen LogP contribution >= 0.6 is 22.2 Å². The van der Waals surface area contributed by atoms with Gasteiger partial charge in [0.1, 0.15) is 0 Å². The zero-order valence-corrected chi connectivity index (χ0v) is 13.6. The number of hydrogen-bond donors (Lipinski definition) is 0. The van der Waals surface area contributed by atoms with Crippen molar-refractivity contribution in [3.63, 3.8) is 0 Å². The Morgan fingerprint density at radius 3 is 2.00 bits per heavy atom. The second-order valence-corrected chi connectivity index (χ2v) is 11.0. The lowest BCUT2D eigenvalue weighted by Gasteiger charge is -2.18. The first-order chi connectivity index (χ1) is 9.14. The monoisotopic (exact) mass is 308 g/mol. The standard InChI is InChI=1S/C16H18Cl2Si/c1-2-3-7-14-10-12-16(13-11-14)19(17,18)15-8-5-4-6-9-15/h4-6,8-13H,2-3,7H2,1H3. The first-order valence-electron chi connectivity index (χ1n) is 6.67. The van der Waals surface area contributed by atoms with Crippen molar-refractivity contribution in [2.24, 2.45) is 0 Å². The molecule has 0 unspecified atom stereocenters. The van der Waals surface area contributed by atoms with Gasteiger partial charge in [-0.25, -0.2) is 0 Å². The molecular weight excluding hydrogens is 291 g/mol. The summed E-state index contributed by atoms with van der Waals surface area (Å²) in [7, 11) is 0. The summed E-state index contributed by atoms with van der Waals surface area (Å²) in [4.78, 5) is 0. The average molecular weight is 309 g/mol. The number of aryl methyl sites for hydroxylation is 1. The molecule has 0 fully saturated rings. The van der Waals surface area contributed by atoms with Gasteiger partial charge in [-0.3, -0.25) is 0 Å². The first-order valence-corrected chi connectivity index (χ1v) is 10.7. The molecule has 2 rings (SSSR count). The van der Waals surface area contributed by atoms with Crippen molar-refractivity contribution in [2.75, 3.05) is 0 Å². The van der Waals surface area contributed by atoms with Crippen LogP contribution in [0.15, 0.2) is 54.6 Å². The normalized spacial score (nSPS) is 11.5. The van der Waals surface area contributed by atoms with Crippen molar-refractivity contribution in [3.8, 4) is 0 Å². The Hall–Kier alpha value is -0.763. The molecule has 0 saturated carbocycles. The number of halogens is 2. The molecule has 100 valence electrons. The van der Waals surface area contributed by atoms with E-state index in [1.54, 1.807) is 0 Å². The fourth-order valence-electron chi connectivity index (χ4n) is 2.08. The van der Waals surface area contributed by atoms with Gasteiger partial charge < -0.3 is 0 Å². The van der Waals surface area contributed by atoms with Gasteiger partial charge in [-0.15, -0.1) is 22.2 Å². The minimum absolute atomic E-state index is 1.04. The summed E-state index contributed by atoms with van der Waals surface area (Å²) in [5.74, 6) is 0. The molecule has 2 aromatic rings.